The van der Waals surface area contributed by atoms with Gasteiger partial charge in [-0.15, -0.1) is 0 Å². The van der Waals surface area contributed by atoms with Crippen LogP contribution < -0.4 is 15.5 Å². The summed E-state index contributed by atoms with van der Waals surface area (Å²) in [7, 11) is 0. The van der Waals surface area contributed by atoms with E-state index in [9.17, 15) is 4.79 Å². The molecule has 3 aromatic heterocycles. The fraction of sp³-hybridized carbons (Fsp3) is 0.280. The quantitative estimate of drug-likeness (QED) is 0.253. The van der Waals surface area contributed by atoms with Gasteiger partial charge >= 0.3 is 0 Å². The number of carbonyl (C=O) groups excluding carboxylic acids is 1. The summed E-state index contributed by atoms with van der Waals surface area (Å²) < 4.78 is 13.4. The molecular weight excluding hydrogens is 462 g/mol. The van der Waals surface area contributed by atoms with Gasteiger partial charge in [0.25, 0.3) is 5.91 Å². The van der Waals surface area contributed by atoms with E-state index in [4.69, 9.17) is 19.7 Å². The third kappa shape index (κ3) is 5.28. The van der Waals surface area contributed by atoms with Crippen LogP contribution in [0.25, 0.3) is 17.0 Å². The number of imidazole rings is 1. The second-order valence-corrected chi connectivity index (χ2v) is 8.35. The number of morpholine rings is 1. The minimum atomic E-state index is -0.575. The van der Waals surface area contributed by atoms with Crippen LogP contribution in [0.15, 0.2) is 54.9 Å². The van der Waals surface area contributed by atoms with Gasteiger partial charge in [-0.1, -0.05) is 0 Å². The van der Waals surface area contributed by atoms with Crippen LogP contribution >= 0.6 is 0 Å². The molecular formula is C25H27N7O4. The number of aromatic nitrogens is 4. The zero-order valence-corrected chi connectivity index (χ0v) is 19.8. The fourth-order valence-electron chi connectivity index (χ4n) is 4.11. The van der Waals surface area contributed by atoms with Crippen LogP contribution in [0.5, 0.6) is 5.75 Å². The van der Waals surface area contributed by atoms with E-state index in [2.05, 4.69) is 20.2 Å². The number of hydroxylamine groups is 1. The minimum absolute atomic E-state index is 0.337. The van der Waals surface area contributed by atoms with Crippen LogP contribution in [0, 0.1) is 6.92 Å². The number of aryl methyl sites for hydroxylation is 1. The van der Waals surface area contributed by atoms with Crippen molar-refractivity contribution < 1.29 is 19.5 Å². The number of nitrogens with zero attached hydrogens (tertiary/aromatic N) is 5. The smallest absolute Gasteiger partial charge is 0.274 e. The molecule has 0 unspecified atom stereocenters. The highest BCUT2D eigenvalue weighted by Crippen LogP contribution is 2.26. The Bertz CT molecular complexity index is 1350. The summed E-state index contributed by atoms with van der Waals surface area (Å²) in [4.78, 5) is 27.5. The zero-order chi connectivity index (χ0) is 24.9. The summed E-state index contributed by atoms with van der Waals surface area (Å²) in [5.41, 5.74) is 5.85. The van der Waals surface area contributed by atoms with Gasteiger partial charge in [-0.3, -0.25) is 19.3 Å². The Balaban J connectivity index is 1.30. The monoisotopic (exact) mass is 489 g/mol. The topological polar surface area (TPSA) is 126 Å². The molecule has 0 atom stereocenters. The molecule has 1 aliphatic heterocycles. The molecule has 1 fully saturated rings. The second kappa shape index (κ2) is 10.7. The Labute approximate surface area is 207 Å². The van der Waals surface area contributed by atoms with Crippen molar-refractivity contribution in [3.8, 4) is 17.1 Å². The molecule has 1 saturated heterocycles. The van der Waals surface area contributed by atoms with Crippen LogP contribution in [0.4, 0.5) is 11.6 Å². The van der Waals surface area contributed by atoms with Crippen molar-refractivity contribution in [2.24, 2.45) is 0 Å². The van der Waals surface area contributed by atoms with E-state index in [1.54, 1.807) is 35.9 Å². The lowest BCUT2D eigenvalue weighted by atomic mass is 10.2. The summed E-state index contributed by atoms with van der Waals surface area (Å²) in [6.45, 7) is 6.84. The van der Waals surface area contributed by atoms with Gasteiger partial charge in [0.2, 0.25) is 5.95 Å². The molecule has 0 aliphatic carbocycles. The van der Waals surface area contributed by atoms with Gasteiger partial charge in [0, 0.05) is 49.3 Å². The summed E-state index contributed by atoms with van der Waals surface area (Å²) in [5, 5.41) is 11.9. The molecule has 0 radical (unpaired) electrons. The molecule has 11 heteroatoms. The number of pyridine rings is 1. The van der Waals surface area contributed by atoms with Crippen LogP contribution in [-0.2, 0) is 4.74 Å². The van der Waals surface area contributed by atoms with Crippen LogP contribution in [0.2, 0.25) is 0 Å². The number of benzene rings is 1. The van der Waals surface area contributed by atoms with E-state index >= 15 is 0 Å². The van der Waals surface area contributed by atoms with Gasteiger partial charge in [-0.25, -0.2) is 20.4 Å². The Hall–Kier alpha value is -4.06. The molecule has 1 aromatic carbocycles. The van der Waals surface area contributed by atoms with Gasteiger partial charge < -0.3 is 14.8 Å². The molecule has 0 spiro atoms. The van der Waals surface area contributed by atoms with Crippen molar-refractivity contribution in [3.63, 3.8) is 0 Å². The highest BCUT2D eigenvalue weighted by molar-refractivity contribution is 5.93. The van der Waals surface area contributed by atoms with Gasteiger partial charge in [-0.05, 0) is 43.3 Å². The third-order valence-corrected chi connectivity index (χ3v) is 5.95. The number of hydrogen-bond acceptors (Lipinski definition) is 9. The largest absolute Gasteiger partial charge is 0.492 e. The lowest BCUT2D eigenvalue weighted by Crippen LogP contribution is -2.38. The molecule has 5 rings (SSSR count). The molecule has 1 amide bonds. The molecule has 186 valence electrons. The fourth-order valence-corrected chi connectivity index (χ4v) is 4.11. The molecule has 4 aromatic rings. The molecule has 36 heavy (non-hydrogen) atoms. The van der Waals surface area contributed by atoms with Crippen molar-refractivity contribution in [1.82, 2.24) is 29.7 Å². The van der Waals surface area contributed by atoms with Crippen molar-refractivity contribution in [1.29, 1.82) is 0 Å². The van der Waals surface area contributed by atoms with E-state index in [0.29, 0.717) is 23.8 Å². The van der Waals surface area contributed by atoms with Gasteiger partial charge in [0.05, 0.1) is 30.3 Å². The highest BCUT2D eigenvalue weighted by atomic mass is 16.5. The summed E-state index contributed by atoms with van der Waals surface area (Å²) >= 11 is 0. The maximum Gasteiger partial charge on any atom is 0.274 e. The predicted octanol–water partition coefficient (Wildman–Crippen LogP) is 2.67. The van der Waals surface area contributed by atoms with Gasteiger partial charge in [0.15, 0.2) is 0 Å². The highest BCUT2D eigenvalue weighted by Gasteiger charge is 2.15. The number of rotatable bonds is 8. The lowest BCUT2D eigenvalue weighted by Gasteiger charge is -2.26. The first-order chi connectivity index (χ1) is 17.6. The van der Waals surface area contributed by atoms with Crippen molar-refractivity contribution in [2.75, 3.05) is 44.8 Å². The second-order valence-electron chi connectivity index (χ2n) is 8.35. The number of anilines is 2. The molecule has 3 N–H and O–H groups in total. The van der Waals surface area contributed by atoms with Gasteiger partial charge in [-0.2, -0.15) is 0 Å². The lowest BCUT2D eigenvalue weighted by molar-refractivity contribution is 0.0322. The number of hydrogen-bond donors (Lipinski definition) is 3. The number of fused-ring (bicyclic) bond motifs is 1. The SMILES string of the molecule is Cc1nc2cc(OCCN3CCOCC3)ccn2c1-c1ccnc(Nc2ccc(C(=O)NO)cc2)n1. The van der Waals surface area contributed by atoms with E-state index in [0.717, 1.165) is 61.3 Å². The van der Waals surface area contributed by atoms with Crippen LogP contribution in [0.3, 0.4) is 0 Å². The first kappa shape index (κ1) is 23.7. The Morgan fingerprint density at radius 3 is 2.72 bits per heavy atom. The van der Waals surface area contributed by atoms with Crippen molar-refractivity contribution in [2.45, 2.75) is 6.92 Å². The first-order valence-electron chi connectivity index (χ1n) is 11.7. The average molecular weight is 490 g/mol. The summed E-state index contributed by atoms with van der Waals surface area (Å²) in [6, 6.07) is 12.3. The average Bonchev–Trinajstić information content (AvgIpc) is 3.24. The van der Waals surface area contributed by atoms with E-state index in [1.165, 1.54) is 0 Å². The van der Waals surface area contributed by atoms with Crippen LogP contribution in [-0.4, -0.2) is 74.8 Å². The minimum Gasteiger partial charge on any atom is -0.492 e. The van der Waals surface area contributed by atoms with Crippen molar-refractivity contribution >= 4 is 23.2 Å². The van der Waals surface area contributed by atoms with Crippen molar-refractivity contribution in [3.05, 3.63) is 66.1 Å². The Morgan fingerprint density at radius 2 is 1.94 bits per heavy atom. The molecule has 0 saturated carbocycles. The third-order valence-electron chi connectivity index (χ3n) is 5.95. The summed E-state index contributed by atoms with van der Waals surface area (Å²) in [5.74, 6) is 0.605. The maximum absolute atomic E-state index is 11.5. The zero-order valence-electron chi connectivity index (χ0n) is 19.8. The van der Waals surface area contributed by atoms with E-state index < -0.39 is 5.91 Å². The van der Waals surface area contributed by atoms with Gasteiger partial charge in [0.1, 0.15) is 18.0 Å². The first-order valence-corrected chi connectivity index (χ1v) is 11.7. The molecule has 1 aliphatic rings. The number of nitrogens with one attached hydrogen (secondary N) is 2. The number of amides is 1. The van der Waals surface area contributed by atoms with E-state index in [1.807, 2.05) is 35.7 Å². The molecule has 4 heterocycles. The predicted molar refractivity (Wildman–Crippen MR) is 133 cm³/mol. The van der Waals surface area contributed by atoms with E-state index in [-0.39, 0.29) is 0 Å². The summed E-state index contributed by atoms with van der Waals surface area (Å²) in [6.07, 6.45) is 3.62. The Morgan fingerprint density at radius 1 is 1.14 bits per heavy atom. The maximum atomic E-state index is 11.5. The standard InChI is InChI=1S/C25H27N7O4/c1-17-23(21-6-8-26-25(29-21)28-19-4-2-18(3-5-19)24(33)30-34)32-9-7-20(16-22(32)27-17)36-15-12-31-10-13-35-14-11-31/h2-9,16,34H,10-15H2,1H3,(H,30,33)(H,26,28,29). The molecule has 0 bridgehead atoms. The molecule has 11 nitrogen and oxygen atoms in total. The normalized spacial score (nSPS) is 14.1. The number of carbonyl (C=O) groups is 1. The Kier molecular flexibility index (Phi) is 7.03. The number of ether oxygens (including phenoxy) is 2. The van der Waals surface area contributed by atoms with Crippen LogP contribution in [0.1, 0.15) is 16.1 Å².